The molecule has 1 aromatic carbocycles. The summed E-state index contributed by atoms with van der Waals surface area (Å²) >= 11 is 3.29. The van der Waals surface area contributed by atoms with Crippen molar-refractivity contribution in [2.75, 3.05) is 18.4 Å². The highest BCUT2D eigenvalue weighted by molar-refractivity contribution is 9.10. The Morgan fingerprint density at radius 3 is 2.56 bits per heavy atom. The molecule has 0 radical (unpaired) electrons. The second kappa shape index (κ2) is 5.18. The minimum absolute atomic E-state index is 0.0768. The zero-order valence-corrected chi connectivity index (χ0v) is 10.9. The number of hydrogen-bond donors (Lipinski definition) is 2. The van der Waals surface area contributed by atoms with Crippen LogP contribution in [0.1, 0.15) is 0 Å². The van der Waals surface area contributed by atoms with E-state index < -0.39 is 11.9 Å². The van der Waals surface area contributed by atoms with Crippen molar-refractivity contribution in [2.24, 2.45) is 0 Å². The van der Waals surface area contributed by atoms with Gasteiger partial charge in [0.05, 0.1) is 0 Å². The first-order valence-corrected chi connectivity index (χ1v) is 5.98. The number of anilines is 1. The topological polar surface area (TPSA) is 78.5 Å². The zero-order chi connectivity index (χ0) is 13.1. The molecule has 1 saturated heterocycles. The quantitative estimate of drug-likeness (QED) is 0.815. The molecule has 1 aromatic rings. The van der Waals surface area contributed by atoms with Gasteiger partial charge in [0.1, 0.15) is 13.1 Å². The summed E-state index contributed by atoms with van der Waals surface area (Å²) in [7, 11) is 0. The molecule has 0 aromatic heterocycles. The van der Waals surface area contributed by atoms with Gasteiger partial charge in [0.2, 0.25) is 11.8 Å². The molecule has 0 aliphatic carbocycles. The van der Waals surface area contributed by atoms with E-state index in [1.165, 1.54) is 0 Å². The van der Waals surface area contributed by atoms with E-state index in [0.29, 0.717) is 5.69 Å². The summed E-state index contributed by atoms with van der Waals surface area (Å²) in [5, 5.41) is 4.74. The van der Waals surface area contributed by atoms with Crippen molar-refractivity contribution >= 4 is 39.5 Å². The number of urea groups is 1. The van der Waals surface area contributed by atoms with Gasteiger partial charge in [0, 0.05) is 10.2 Å². The maximum absolute atomic E-state index is 11.6. The number of amides is 4. The van der Waals surface area contributed by atoms with Crippen molar-refractivity contribution in [2.45, 2.75) is 0 Å². The molecule has 18 heavy (non-hydrogen) atoms. The molecule has 1 heterocycles. The van der Waals surface area contributed by atoms with Crippen LogP contribution in [-0.4, -0.2) is 35.8 Å². The summed E-state index contributed by atoms with van der Waals surface area (Å²) in [6.45, 7) is -0.222. The molecule has 1 aliphatic rings. The van der Waals surface area contributed by atoms with Gasteiger partial charge in [0.25, 0.3) is 0 Å². The number of benzene rings is 1. The van der Waals surface area contributed by atoms with Crippen molar-refractivity contribution < 1.29 is 14.4 Å². The normalized spacial score (nSPS) is 14.6. The largest absolute Gasteiger partial charge is 0.325 e. The SMILES string of the molecule is O=C1CN(CC(=O)Nc2ccc(Br)cc2)C(=O)N1. The van der Waals surface area contributed by atoms with Gasteiger partial charge in [-0.3, -0.25) is 14.9 Å². The number of carbonyl (C=O) groups excluding carboxylic acids is 3. The first-order chi connectivity index (χ1) is 8.54. The molecule has 4 amide bonds. The average molecular weight is 312 g/mol. The maximum Gasteiger partial charge on any atom is 0.325 e. The number of halogens is 1. The van der Waals surface area contributed by atoms with Gasteiger partial charge in [-0.2, -0.15) is 0 Å². The van der Waals surface area contributed by atoms with Crippen LogP contribution in [0.3, 0.4) is 0 Å². The zero-order valence-electron chi connectivity index (χ0n) is 9.27. The summed E-state index contributed by atoms with van der Waals surface area (Å²) in [6, 6.07) is 6.52. The van der Waals surface area contributed by atoms with Gasteiger partial charge in [-0.1, -0.05) is 15.9 Å². The second-order valence-electron chi connectivity index (χ2n) is 3.76. The van der Waals surface area contributed by atoms with Crippen LogP contribution >= 0.6 is 15.9 Å². The lowest BCUT2D eigenvalue weighted by atomic mass is 10.3. The van der Waals surface area contributed by atoms with Crippen molar-refractivity contribution in [3.63, 3.8) is 0 Å². The summed E-state index contributed by atoms with van der Waals surface area (Å²) in [5.41, 5.74) is 0.633. The minimum Gasteiger partial charge on any atom is -0.325 e. The first kappa shape index (κ1) is 12.6. The van der Waals surface area contributed by atoms with Crippen LogP contribution in [0.4, 0.5) is 10.5 Å². The van der Waals surface area contributed by atoms with Crippen LogP contribution in [-0.2, 0) is 9.59 Å². The van der Waals surface area contributed by atoms with E-state index in [1.807, 2.05) is 0 Å². The fourth-order valence-corrected chi connectivity index (χ4v) is 1.78. The van der Waals surface area contributed by atoms with E-state index in [0.717, 1.165) is 9.37 Å². The van der Waals surface area contributed by atoms with E-state index in [9.17, 15) is 14.4 Å². The number of nitrogens with one attached hydrogen (secondary N) is 2. The maximum atomic E-state index is 11.6. The van der Waals surface area contributed by atoms with E-state index in [1.54, 1.807) is 24.3 Å². The van der Waals surface area contributed by atoms with Gasteiger partial charge in [-0.15, -0.1) is 0 Å². The Morgan fingerprint density at radius 2 is 2.00 bits per heavy atom. The van der Waals surface area contributed by atoms with Crippen molar-refractivity contribution in [3.05, 3.63) is 28.7 Å². The molecule has 7 heteroatoms. The number of nitrogens with zero attached hydrogens (tertiary/aromatic N) is 1. The smallest absolute Gasteiger partial charge is 0.325 e. The average Bonchev–Trinajstić information content (AvgIpc) is 2.61. The van der Waals surface area contributed by atoms with Crippen LogP contribution in [0.15, 0.2) is 28.7 Å². The molecule has 6 nitrogen and oxygen atoms in total. The van der Waals surface area contributed by atoms with Crippen LogP contribution in [0.2, 0.25) is 0 Å². The Kier molecular flexibility index (Phi) is 3.61. The summed E-state index contributed by atoms with van der Waals surface area (Å²) in [6.07, 6.45) is 0. The summed E-state index contributed by atoms with van der Waals surface area (Å²) < 4.78 is 0.907. The molecule has 0 bridgehead atoms. The van der Waals surface area contributed by atoms with Crippen LogP contribution in [0.25, 0.3) is 0 Å². The standard InChI is InChI=1S/C11H10BrN3O3/c12-7-1-3-8(4-2-7)13-9(16)5-15-6-10(17)14-11(15)18/h1-4H,5-6H2,(H,13,16)(H,14,17,18). The van der Waals surface area contributed by atoms with Crippen LogP contribution in [0.5, 0.6) is 0 Å². The number of rotatable bonds is 3. The molecular weight excluding hydrogens is 302 g/mol. The van der Waals surface area contributed by atoms with Gasteiger partial charge in [-0.05, 0) is 24.3 Å². The Hall–Kier alpha value is -1.89. The summed E-state index contributed by atoms with van der Waals surface area (Å²) in [5.74, 6) is -0.737. The molecule has 2 rings (SSSR count). The van der Waals surface area contributed by atoms with E-state index in [2.05, 4.69) is 26.6 Å². The minimum atomic E-state index is -0.536. The Morgan fingerprint density at radius 1 is 1.33 bits per heavy atom. The fourth-order valence-electron chi connectivity index (χ4n) is 1.52. The second-order valence-corrected chi connectivity index (χ2v) is 4.68. The fraction of sp³-hybridized carbons (Fsp3) is 0.182. The Balaban J connectivity index is 1.91. The van der Waals surface area contributed by atoms with E-state index in [-0.39, 0.29) is 19.0 Å². The molecule has 0 saturated carbocycles. The van der Waals surface area contributed by atoms with Crippen LogP contribution < -0.4 is 10.6 Å². The molecule has 1 aliphatic heterocycles. The lowest BCUT2D eigenvalue weighted by molar-refractivity contribution is -0.119. The Bertz CT molecular complexity index is 501. The van der Waals surface area contributed by atoms with Gasteiger partial charge in [-0.25, -0.2) is 4.79 Å². The lowest BCUT2D eigenvalue weighted by Gasteiger charge is -2.12. The van der Waals surface area contributed by atoms with Crippen molar-refractivity contribution in [1.82, 2.24) is 10.2 Å². The highest BCUT2D eigenvalue weighted by atomic mass is 79.9. The van der Waals surface area contributed by atoms with Crippen molar-refractivity contribution in [3.8, 4) is 0 Å². The lowest BCUT2D eigenvalue weighted by Crippen LogP contribution is -2.35. The molecule has 1 fully saturated rings. The molecular formula is C11H10BrN3O3. The summed E-state index contributed by atoms with van der Waals surface area (Å²) in [4.78, 5) is 35.0. The van der Waals surface area contributed by atoms with E-state index >= 15 is 0 Å². The predicted octanol–water partition coefficient (Wildman–Crippen LogP) is 0.939. The number of imide groups is 1. The number of carbonyl (C=O) groups is 3. The molecule has 0 spiro atoms. The van der Waals surface area contributed by atoms with Gasteiger partial charge >= 0.3 is 6.03 Å². The monoisotopic (exact) mass is 311 g/mol. The highest BCUT2D eigenvalue weighted by Crippen LogP contribution is 2.14. The van der Waals surface area contributed by atoms with Crippen molar-refractivity contribution in [1.29, 1.82) is 0 Å². The first-order valence-electron chi connectivity index (χ1n) is 5.19. The van der Waals surface area contributed by atoms with E-state index in [4.69, 9.17) is 0 Å². The number of hydrogen-bond acceptors (Lipinski definition) is 3. The third-order valence-corrected chi connectivity index (χ3v) is 2.86. The Labute approximate surface area is 111 Å². The third kappa shape index (κ3) is 3.07. The molecule has 94 valence electrons. The van der Waals surface area contributed by atoms with Gasteiger partial charge in [0.15, 0.2) is 0 Å². The highest BCUT2D eigenvalue weighted by Gasteiger charge is 2.28. The molecule has 0 unspecified atom stereocenters. The predicted molar refractivity (Wildman–Crippen MR) is 67.9 cm³/mol. The van der Waals surface area contributed by atoms with Crippen LogP contribution in [0, 0.1) is 0 Å². The molecule has 2 N–H and O–H groups in total. The molecule has 0 atom stereocenters. The van der Waals surface area contributed by atoms with Gasteiger partial charge < -0.3 is 10.2 Å². The third-order valence-electron chi connectivity index (χ3n) is 2.33.